The van der Waals surface area contributed by atoms with Gasteiger partial charge < -0.3 is 43.8 Å². The highest BCUT2D eigenvalue weighted by molar-refractivity contribution is 5.70. The zero-order valence-electron chi connectivity index (χ0n) is 40.8. The van der Waals surface area contributed by atoms with Gasteiger partial charge in [0.05, 0.1) is 33.0 Å². The van der Waals surface area contributed by atoms with Crippen LogP contribution in [0.15, 0.2) is 0 Å². The standard InChI is InChI=1S/C50H96N2O11/c1-4-6-8-10-12-14-16-18-20-22-24-26-28-30-32-34-47(53)61-44-46(63-48(54)35-33-31-29-27-25-23-21-19-17-15-13-11-9-7-5-2)45-62-50(56)52-37-39-59-42-41-58-38-36-51-49(55)60-43-40-57-3/h46H,4-45H2,1-3H3,(H,51,55)(H,52,56). The van der Waals surface area contributed by atoms with Crippen LogP contribution in [0.5, 0.6) is 0 Å². The zero-order valence-corrected chi connectivity index (χ0v) is 40.8. The molecular formula is C50H96N2O11. The number of rotatable bonds is 49. The van der Waals surface area contributed by atoms with Crippen molar-refractivity contribution in [2.24, 2.45) is 0 Å². The Balaban J connectivity index is 4.33. The third-order valence-corrected chi connectivity index (χ3v) is 11.0. The minimum Gasteiger partial charge on any atom is -0.462 e. The molecule has 2 amide bonds. The van der Waals surface area contributed by atoms with E-state index in [1.807, 2.05) is 0 Å². The maximum absolute atomic E-state index is 12.8. The molecule has 0 aromatic rings. The topological polar surface area (TPSA) is 157 Å². The second-order valence-electron chi connectivity index (χ2n) is 17.0. The Morgan fingerprint density at radius 3 is 1.13 bits per heavy atom. The molecule has 0 bridgehead atoms. The van der Waals surface area contributed by atoms with E-state index in [0.29, 0.717) is 39.4 Å². The van der Waals surface area contributed by atoms with Crippen molar-refractivity contribution in [1.29, 1.82) is 0 Å². The summed E-state index contributed by atoms with van der Waals surface area (Å²) in [6.45, 7) is 6.29. The molecule has 0 aromatic carbocycles. The number of esters is 2. The first kappa shape index (κ1) is 60.4. The minimum atomic E-state index is -0.889. The Hall–Kier alpha value is -2.64. The molecule has 0 aromatic heterocycles. The van der Waals surface area contributed by atoms with Crippen molar-refractivity contribution in [2.75, 3.05) is 73.1 Å². The molecule has 372 valence electrons. The van der Waals surface area contributed by atoms with Crippen LogP contribution in [0.2, 0.25) is 0 Å². The lowest BCUT2D eigenvalue weighted by atomic mass is 10.0. The molecule has 0 radical (unpaired) electrons. The van der Waals surface area contributed by atoms with Crippen molar-refractivity contribution in [3.8, 4) is 0 Å². The van der Waals surface area contributed by atoms with Gasteiger partial charge in [-0.2, -0.15) is 0 Å². The molecular weight excluding hydrogens is 805 g/mol. The van der Waals surface area contributed by atoms with Crippen molar-refractivity contribution in [3.05, 3.63) is 0 Å². The number of ether oxygens (including phenoxy) is 7. The van der Waals surface area contributed by atoms with Crippen molar-refractivity contribution < 1.29 is 52.3 Å². The highest BCUT2D eigenvalue weighted by Crippen LogP contribution is 2.16. The fourth-order valence-electron chi connectivity index (χ4n) is 7.16. The average molecular weight is 901 g/mol. The monoisotopic (exact) mass is 901 g/mol. The summed E-state index contributed by atoms with van der Waals surface area (Å²) in [6.07, 6.45) is 36.0. The van der Waals surface area contributed by atoms with E-state index in [4.69, 9.17) is 33.2 Å². The van der Waals surface area contributed by atoms with E-state index in [0.717, 1.165) is 38.5 Å². The summed E-state index contributed by atoms with van der Waals surface area (Å²) in [6, 6.07) is 0. The zero-order chi connectivity index (χ0) is 45.9. The van der Waals surface area contributed by atoms with Gasteiger partial charge in [-0.3, -0.25) is 9.59 Å². The average Bonchev–Trinajstić information content (AvgIpc) is 3.27. The molecule has 13 nitrogen and oxygen atoms in total. The summed E-state index contributed by atoms with van der Waals surface area (Å²) >= 11 is 0. The maximum atomic E-state index is 12.8. The van der Waals surface area contributed by atoms with Crippen LogP contribution >= 0.6 is 0 Å². The smallest absolute Gasteiger partial charge is 0.407 e. The maximum Gasteiger partial charge on any atom is 0.407 e. The van der Waals surface area contributed by atoms with Gasteiger partial charge in [-0.15, -0.1) is 0 Å². The van der Waals surface area contributed by atoms with Crippen LogP contribution in [-0.2, 0) is 42.7 Å². The van der Waals surface area contributed by atoms with Gasteiger partial charge in [0.15, 0.2) is 6.10 Å². The van der Waals surface area contributed by atoms with Gasteiger partial charge in [0.1, 0.15) is 19.8 Å². The number of amides is 2. The summed E-state index contributed by atoms with van der Waals surface area (Å²) in [5, 5.41) is 5.18. The third-order valence-electron chi connectivity index (χ3n) is 11.0. The van der Waals surface area contributed by atoms with Gasteiger partial charge in [-0.05, 0) is 12.8 Å². The molecule has 0 rings (SSSR count). The number of nitrogens with one attached hydrogen (secondary N) is 2. The molecule has 0 aliphatic carbocycles. The van der Waals surface area contributed by atoms with Gasteiger partial charge in [0, 0.05) is 33.0 Å². The summed E-state index contributed by atoms with van der Waals surface area (Å²) in [7, 11) is 1.53. The number of methoxy groups -OCH3 is 1. The molecule has 0 fully saturated rings. The van der Waals surface area contributed by atoms with E-state index in [9.17, 15) is 19.2 Å². The van der Waals surface area contributed by atoms with E-state index in [-0.39, 0.29) is 51.3 Å². The predicted octanol–water partition coefficient (Wildman–Crippen LogP) is 12.1. The molecule has 2 N–H and O–H groups in total. The Kier molecular flexibility index (Phi) is 48.3. The SMILES string of the molecule is CCCCCCCCCCCCCCCCCC(=O)OCC(COC(=O)NCCOCCOCCNC(=O)OCCOC)OC(=O)CCCCCCCCCCCCCCCCC. The quantitative estimate of drug-likeness (QED) is 0.0340. The van der Waals surface area contributed by atoms with Crippen molar-refractivity contribution >= 4 is 24.1 Å². The van der Waals surface area contributed by atoms with E-state index in [1.54, 1.807) is 0 Å². The molecule has 63 heavy (non-hydrogen) atoms. The van der Waals surface area contributed by atoms with Gasteiger partial charge in [0.2, 0.25) is 0 Å². The van der Waals surface area contributed by atoms with Crippen molar-refractivity contribution in [2.45, 2.75) is 225 Å². The Bertz CT molecular complexity index is 1020. The molecule has 1 unspecified atom stereocenters. The lowest BCUT2D eigenvalue weighted by Gasteiger charge is -2.18. The lowest BCUT2D eigenvalue weighted by molar-refractivity contribution is -0.161. The Morgan fingerprint density at radius 1 is 0.381 bits per heavy atom. The summed E-state index contributed by atoms with van der Waals surface area (Å²) in [5.74, 6) is -0.721. The largest absolute Gasteiger partial charge is 0.462 e. The van der Waals surface area contributed by atoms with E-state index in [1.165, 1.54) is 161 Å². The van der Waals surface area contributed by atoms with Crippen molar-refractivity contribution in [3.63, 3.8) is 0 Å². The summed E-state index contributed by atoms with van der Waals surface area (Å²) in [4.78, 5) is 49.2. The molecule has 0 saturated heterocycles. The van der Waals surface area contributed by atoms with E-state index >= 15 is 0 Å². The number of carbonyl (C=O) groups is 4. The molecule has 0 aliphatic heterocycles. The van der Waals surface area contributed by atoms with E-state index < -0.39 is 18.3 Å². The Morgan fingerprint density at radius 2 is 0.730 bits per heavy atom. The minimum absolute atomic E-state index is 0.164. The number of unbranched alkanes of at least 4 members (excludes halogenated alkanes) is 28. The van der Waals surface area contributed by atoms with Crippen LogP contribution in [0.4, 0.5) is 9.59 Å². The lowest BCUT2D eigenvalue weighted by Crippen LogP contribution is -2.34. The van der Waals surface area contributed by atoms with Crippen LogP contribution in [0, 0.1) is 0 Å². The molecule has 1 atom stereocenters. The summed E-state index contributed by atoms with van der Waals surface area (Å²) < 4.78 is 37.0. The number of hydrogen-bond acceptors (Lipinski definition) is 11. The van der Waals surface area contributed by atoms with Crippen molar-refractivity contribution in [1.82, 2.24) is 10.6 Å². The molecule has 0 aliphatic rings. The summed E-state index contributed by atoms with van der Waals surface area (Å²) in [5.41, 5.74) is 0. The van der Waals surface area contributed by atoms with Gasteiger partial charge in [-0.25, -0.2) is 9.59 Å². The fourth-order valence-corrected chi connectivity index (χ4v) is 7.16. The molecule has 0 heterocycles. The second-order valence-corrected chi connectivity index (χ2v) is 17.0. The normalized spacial score (nSPS) is 11.6. The Labute approximate surface area is 384 Å². The van der Waals surface area contributed by atoms with Crippen LogP contribution in [0.3, 0.4) is 0 Å². The predicted molar refractivity (Wildman–Crippen MR) is 252 cm³/mol. The first-order valence-corrected chi connectivity index (χ1v) is 25.7. The molecule has 0 saturated carbocycles. The number of hydrogen-bond donors (Lipinski definition) is 2. The third kappa shape index (κ3) is 48.6. The van der Waals surface area contributed by atoms with Gasteiger partial charge in [0.25, 0.3) is 0 Å². The fraction of sp³-hybridized carbons (Fsp3) is 0.920. The van der Waals surface area contributed by atoms with Crippen LogP contribution < -0.4 is 10.6 Å². The molecule has 13 heteroatoms. The highest BCUT2D eigenvalue weighted by Gasteiger charge is 2.19. The van der Waals surface area contributed by atoms with Gasteiger partial charge in [-0.1, -0.05) is 194 Å². The number of alkyl carbamates (subject to hydrolysis) is 2. The number of carbonyl (C=O) groups excluding carboxylic acids is 4. The van der Waals surface area contributed by atoms with Crippen LogP contribution in [0.25, 0.3) is 0 Å². The van der Waals surface area contributed by atoms with Gasteiger partial charge >= 0.3 is 24.1 Å². The first-order valence-electron chi connectivity index (χ1n) is 25.7. The first-order chi connectivity index (χ1) is 30.9. The van der Waals surface area contributed by atoms with Crippen LogP contribution in [0.1, 0.15) is 219 Å². The highest BCUT2D eigenvalue weighted by atomic mass is 16.6. The second kappa shape index (κ2) is 50.4. The van der Waals surface area contributed by atoms with E-state index in [2.05, 4.69) is 24.5 Å². The molecule has 0 spiro atoms. The van der Waals surface area contributed by atoms with Crippen LogP contribution in [-0.4, -0.2) is 103 Å².